The van der Waals surface area contributed by atoms with Crippen LogP contribution in [0.1, 0.15) is 11.4 Å². The van der Waals surface area contributed by atoms with Crippen LogP contribution in [0.4, 0.5) is 8.78 Å². The zero-order chi connectivity index (χ0) is 18.5. The van der Waals surface area contributed by atoms with Crippen molar-refractivity contribution >= 4 is 17.7 Å². The van der Waals surface area contributed by atoms with Gasteiger partial charge in [0.25, 0.3) is 0 Å². The highest BCUT2D eigenvalue weighted by atomic mass is 32.2. The number of nitrogens with zero attached hydrogens (tertiary/aromatic N) is 2. The standard InChI is InChI=1S/C19H17F2N3OS/c1-13-22-8-9-24(13)17-7-6-14(10-16(17)21)11-23-19(25)12-26-18-5-3-2-4-15(18)20/h2-10H,11-12H2,1H3,(H,23,25). The number of amides is 1. The largest absolute Gasteiger partial charge is 0.351 e. The Morgan fingerprint density at radius 2 is 2.00 bits per heavy atom. The van der Waals surface area contributed by atoms with Gasteiger partial charge in [-0.05, 0) is 36.8 Å². The first-order valence-corrected chi connectivity index (χ1v) is 8.96. The predicted molar refractivity (Wildman–Crippen MR) is 97.2 cm³/mol. The van der Waals surface area contributed by atoms with Crippen LogP contribution in [0, 0.1) is 18.6 Å². The van der Waals surface area contributed by atoms with E-state index in [1.807, 2.05) is 0 Å². The number of benzene rings is 2. The quantitative estimate of drug-likeness (QED) is 0.668. The molecule has 1 amide bonds. The third-order valence-corrected chi connectivity index (χ3v) is 4.83. The van der Waals surface area contributed by atoms with Gasteiger partial charge in [0.05, 0.1) is 11.4 Å². The molecule has 7 heteroatoms. The molecule has 1 N–H and O–H groups in total. The molecule has 3 rings (SSSR count). The van der Waals surface area contributed by atoms with Crippen LogP contribution < -0.4 is 5.32 Å². The summed E-state index contributed by atoms with van der Waals surface area (Å²) in [4.78, 5) is 16.4. The van der Waals surface area contributed by atoms with E-state index in [0.29, 0.717) is 22.0 Å². The van der Waals surface area contributed by atoms with E-state index in [4.69, 9.17) is 0 Å². The molecular formula is C19H17F2N3OS. The lowest BCUT2D eigenvalue weighted by Gasteiger charge is -2.10. The van der Waals surface area contributed by atoms with E-state index in [2.05, 4.69) is 10.3 Å². The summed E-state index contributed by atoms with van der Waals surface area (Å²) in [5.41, 5.74) is 1.05. The number of rotatable bonds is 6. The van der Waals surface area contributed by atoms with Gasteiger partial charge in [-0.1, -0.05) is 18.2 Å². The summed E-state index contributed by atoms with van der Waals surface area (Å²) in [6, 6.07) is 11.1. The van der Waals surface area contributed by atoms with Crippen LogP contribution >= 0.6 is 11.8 Å². The molecule has 0 fully saturated rings. The molecule has 4 nitrogen and oxygen atoms in total. The fourth-order valence-corrected chi connectivity index (χ4v) is 3.21. The smallest absolute Gasteiger partial charge is 0.230 e. The minimum atomic E-state index is -0.390. The van der Waals surface area contributed by atoms with Crippen molar-refractivity contribution in [3.8, 4) is 5.69 Å². The fourth-order valence-electron chi connectivity index (χ4n) is 2.45. The third-order valence-electron chi connectivity index (χ3n) is 3.78. The molecule has 0 aliphatic carbocycles. The molecule has 2 aromatic carbocycles. The summed E-state index contributed by atoms with van der Waals surface area (Å²) in [6.07, 6.45) is 3.30. The van der Waals surface area contributed by atoms with Gasteiger partial charge in [0.2, 0.25) is 5.91 Å². The van der Waals surface area contributed by atoms with Crippen molar-refractivity contribution in [3.05, 3.63) is 77.9 Å². The number of carbonyl (C=O) groups excluding carboxylic acids is 1. The lowest BCUT2D eigenvalue weighted by atomic mass is 10.2. The molecule has 0 spiro atoms. The normalized spacial score (nSPS) is 10.7. The summed E-state index contributed by atoms with van der Waals surface area (Å²) >= 11 is 1.12. The van der Waals surface area contributed by atoms with Gasteiger partial charge in [0.15, 0.2) is 0 Å². The average molecular weight is 373 g/mol. The SMILES string of the molecule is Cc1nccn1-c1ccc(CNC(=O)CSc2ccccc2F)cc1F. The molecule has 0 saturated carbocycles. The monoisotopic (exact) mass is 373 g/mol. The number of aromatic nitrogens is 2. The van der Waals surface area contributed by atoms with Gasteiger partial charge in [0, 0.05) is 23.8 Å². The van der Waals surface area contributed by atoms with Crippen molar-refractivity contribution in [3.63, 3.8) is 0 Å². The van der Waals surface area contributed by atoms with E-state index in [9.17, 15) is 13.6 Å². The van der Waals surface area contributed by atoms with Crippen LogP contribution in [-0.4, -0.2) is 21.2 Å². The second kappa shape index (κ2) is 8.14. The average Bonchev–Trinajstić information content (AvgIpc) is 3.05. The minimum Gasteiger partial charge on any atom is -0.351 e. The lowest BCUT2D eigenvalue weighted by molar-refractivity contribution is -0.118. The van der Waals surface area contributed by atoms with Gasteiger partial charge in [-0.25, -0.2) is 13.8 Å². The van der Waals surface area contributed by atoms with Crippen molar-refractivity contribution < 1.29 is 13.6 Å². The molecule has 0 radical (unpaired) electrons. The van der Waals surface area contributed by atoms with Crippen molar-refractivity contribution in [2.45, 2.75) is 18.4 Å². The highest BCUT2D eigenvalue weighted by Crippen LogP contribution is 2.21. The number of hydrogen-bond acceptors (Lipinski definition) is 3. The molecule has 1 aromatic heterocycles. The number of thioether (sulfide) groups is 1. The topological polar surface area (TPSA) is 46.9 Å². The Bertz CT molecular complexity index is 927. The van der Waals surface area contributed by atoms with Gasteiger partial charge >= 0.3 is 0 Å². The Morgan fingerprint density at radius 1 is 1.19 bits per heavy atom. The molecule has 1 heterocycles. The molecule has 3 aromatic rings. The minimum absolute atomic E-state index is 0.0930. The Labute approximate surface area is 154 Å². The Balaban J connectivity index is 1.56. The molecule has 0 bridgehead atoms. The fraction of sp³-hybridized carbons (Fsp3) is 0.158. The van der Waals surface area contributed by atoms with E-state index < -0.39 is 5.82 Å². The summed E-state index contributed by atoms with van der Waals surface area (Å²) in [5.74, 6) is -0.199. The first kappa shape index (κ1) is 18.1. The summed E-state index contributed by atoms with van der Waals surface area (Å²) < 4.78 is 29.5. The van der Waals surface area contributed by atoms with Crippen LogP contribution in [0.3, 0.4) is 0 Å². The predicted octanol–water partition coefficient (Wildman–Crippen LogP) is 3.87. The zero-order valence-electron chi connectivity index (χ0n) is 14.1. The molecule has 0 aliphatic heterocycles. The number of hydrogen-bond donors (Lipinski definition) is 1. The van der Waals surface area contributed by atoms with Crippen molar-refractivity contribution in [1.82, 2.24) is 14.9 Å². The Kier molecular flexibility index (Phi) is 5.68. The number of nitrogens with one attached hydrogen (secondary N) is 1. The van der Waals surface area contributed by atoms with Crippen LogP contribution in [0.25, 0.3) is 5.69 Å². The van der Waals surface area contributed by atoms with Crippen molar-refractivity contribution in [1.29, 1.82) is 0 Å². The van der Waals surface area contributed by atoms with Crippen molar-refractivity contribution in [2.75, 3.05) is 5.75 Å². The summed E-state index contributed by atoms with van der Waals surface area (Å²) in [6.45, 7) is 2.00. The van der Waals surface area contributed by atoms with Gasteiger partial charge in [-0.2, -0.15) is 0 Å². The Morgan fingerprint density at radius 3 is 2.69 bits per heavy atom. The highest BCUT2D eigenvalue weighted by Gasteiger charge is 2.09. The second-order valence-corrected chi connectivity index (χ2v) is 6.64. The molecular weight excluding hydrogens is 356 g/mol. The van der Waals surface area contributed by atoms with E-state index in [1.54, 1.807) is 54.2 Å². The van der Waals surface area contributed by atoms with Gasteiger partial charge < -0.3 is 9.88 Å². The number of halogens is 2. The first-order valence-electron chi connectivity index (χ1n) is 7.97. The maximum Gasteiger partial charge on any atom is 0.230 e. The first-order chi connectivity index (χ1) is 12.5. The molecule has 26 heavy (non-hydrogen) atoms. The maximum atomic E-state index is 14.3. The molecule has 0 saturated heterocycles. The second-order valence-electron chi connectivity index (χ2n) is 5.63. The van der Waals surface area contributed by atoms with Crippen LogP contribution in [0.15, 0.2) is 59.8 Å². The van der Waals surface area contributed by atoms with Gasteiger partial charge in [-0.15, -0.1) is 11.8 Å². The van der Waals surface area contributed by atoms with Crippen LogP contribution in [0.2, 0.25) is 0 Å². The summed E-state index contributed by atoms with van der Waals surface area (Å²) in [7, 11) is 0. The maximum absolute atomic E-state index is 14.3. The molecule has 134 valence electrons. The molecule has 0 unspecified atom stereocenters. The van der Waals surface area contributed by atoms with Crippen LogP contribution in [0.5, 0.6) is 0 Å². The number of aryl methyl sites for hydroxylation is 1. The van der Waals surface area contributed by atoms with E-state index >= 15 is 0 Å². The third kappa shape index (κ3) is 4.29. The summed E-state index contributed by atoms with van der Waals surface area (Å²) in [5, 5.41) is 2.71. The number of imidazole rings is 1. The Hall–Kier alpha value is -2.67. The lowest BCUT2D eigenvalue weighted by Crippen LogP contribution is -2.24. The number of carbonyl (C=O) groups is 1. The molecule has 0 atom stereocenters. The van der Waals surface area contributed by atoms with Crippen LogP contribution in [-0.2, 0) is 11.3 Å². The molecule has 0 aliphatic rings. The zero-order valence-corrected chi connectivity index (χ0v) is 14.9. The van der Waals surface area contributed by atoms with E-state index in [0.717, 1.165) is 11.8 Å². The van der Waals surface area contributed by atoms with Crippen molar-refractivity contribution in [2.24, 2.45) is 0 Å². The van der Waals surface area contributed by atoms with E-state index in [-0.39, 0.29) is 24.0 Å². The van der Waals surface area contributed by atoms with E-state index in [1.165, 1.54) is 12.1 Å². The van der Waals surface area contributed by atoms with Gasteiger partial charge in [-0.3, -0.25) is 4.79 Å². The van der Waals surface area contributed by atoms with Gasteiger partial charge in [0.1, 0.15) is 17.5 Å². The highest BCUT2D eigenvalue weighted by molar-refractivity contribution is 8.00.